The van der Waals surface area contributed by atoms with E-state index in [9.17, 15) is 4.79 Å². The van der Waals surface area contributed by atoms with Crippen LogP contribution in [0.4, 0.5) is 5.69 Å². The first-order chi connectivity index (χ1) is 15.7. The number of benzene rings is 3. The summed E-state index contributed by atoms with van der Waals surface area (Å²) >= 11 is 7.94. The molecule has 0 atom stereocenters. The van der Waals surface area contributed by atoms with Crippen molar-refractivity contribution in [1.82, 2.24) is 10.2 Å². The van der Waals surface area contributed by atoms with Gasteiger partial charge in [-0.15, -0.1) is 0 Å². The summed E-state index contributed by atoms with van der Waals surface area (Å²) in [5.41, 5.74) is 3.51. The van der Waals surface area contributed by atoms with Crippen LogP contribution in [0.1, 0.15) is 40.7 Å². The Kier molecular flexibility index (Phi) is 6.19. The van der Waals surface area contributed by atoms with Crippen molar-refractivity contribution in [3.8, 4) is 0 Å². The van der Waals surface area contributed by atoms with Crippen molar-refractivity contribution < 1.29 is 4.79 Å². The first kappa shape index (κ1) is 21.1. The minimum absolute atomic E-state index is 0.130. The Bertz CT molecular complexity index is 1190. The standard InChI is InChI=1S/C26H24ClN3OS/c27-21-10-4-2-8-19(21)17-28-26(31)18-12-13-24-22(16-18)29-25(30-14-6-1-7-15-30)20-9-3-5-11-23(20)32-24/h2-5,8-13,16H,1,6-7,14-15,17H2,(H,28,31). The largest absolute Gasteiger partial charge is 0.356 e. The minimum Gasteiger partial charge on any atom is -0.356 e. The van der Waals surface area contributed by atoms with Crippen molar-refractivity contribution in [2.45, 2.75) is 35.6 Å². The van der Waals surface area contributed by atoms with Gasteiger partial charge >= 0.3 is 0 Å². The Morgan fingerprint density at radius 3 is 2.59 bits per heavy atom. The zero-order valence-corrected chi connectivity index (χ0v) is 19.3. The number of nitrogens with one attached hydrogen (secondary N) is 1. The van der Waals surface area contributed by atoms with E-state index < -0.39 is 0 Å². The number of carbonyl (C=O) groups excluding carboxylic acids is 1. The molecule has 6 heteroatoms. The van der Waals surface area contributed by atoms with Crippen LogP contribution in [-0.4, -0.2) is 29.7 Å². The molecule has 0 bridgehead atoms. The molecule has 0 unspecified atom stereocenters. The van der Waals surface area contributed by atoms with Crippen LogP contribution < -0.4 is 5.32 Å². The summed E-state index contributed by atoms with van der Waals surface area (Å²) < 4.78 is 0. The van der Waals surface area contributed by atoms with Crippen molar-refractivity contribution in [2.24, 2.45) is 4.99 Å². The topological polar surface area (TPSA) is 44.7 Å². The number of amides is 1. The van der Waals surface area contributed by atoms with Gasteiger partial charge in [0.1, 0.15) is 5.84 Å². The summed E-state index contributed by atoms with van der Waals surface area (Å²) in [4.78, 5) is 22.6. The molecule has 4 nitrogen and oxygen atoms in total. The summed E-state index contributed by atoms with van der Waals surface area (Å²) in [6.45, 7) is 2.43. The van der Waals surface area contributed by atoms with Crippen LogP contribution in [0.2, 0.25) is 5.02 Å². The van der Waals surface area contributed by atoms with Gasteiger partial charge in [0.05, 0.1) is 5.69 Å². The third kappa shape index (κ3) is 4.41. The molecule has 3 aromatic rings. The van der Waals surface area contributed by atoms with E-state index >= 15 is 0 Å². The van der Waals surface area contributed by atoms with Crippen LogP contribution in [0, 0.1) is 0 Å². The van der Waals surface area contributed by atoms with E-state index in [1.165, 1.54) is 29.7 Å². The zero-order chi connectivity index (χ0) is 21.9. The predicted octanol–water partition coefficient (Wildman–Crippen LogP) is 6.30. The van der Waals surface area contributed by atoms with Gasteiger partial charge in [0.25, 0.3) is 5.91 Å². The highest BCUT2D eigenvalue weighted by Gasteiger charge is 2.23. The lowest BCUT2D eigenvalue weighted by Crippen LogP contribution is -2.36. The number of amidine groups is 1. The normalized spacial score (nSPS) is 15.3. The smallest absolute Gasteiger partial charge is 0.251 e. The number of nitrogens with zero attached hydrogens (tertiary/aromatic N) is 2. The highest BCUT2D eigenvalue weighted by atomic mass is 35.5. The maximum atomic E-state index is 12.9. The van der Waals surface area contributed by atoms with Crippen LogP contribution in [0.5, 0.6) is 0 Å². The summed E-state index contributed by atoms with van der Waals surface area (Å²) in [5.74, 6) is 0.884. The Labute approximate surface area is 197 Å². The van der Waals surface area contributed by atoms with Gasteiger partial charge in [0.2, 0.25) is 0 Å². The average molecular weight is 462 g/mol. The molecular weight excluding hydrogens is 438 g/mol. The number of hydrogen-bond donors (Lipinski definition) is 1. The number of rotatable bonds is 3. The highest BCUT2D eigenvalue weighted by Crippen LogP contribution is 2.41. The zero-order valence-electron chi connectivity index (χ0n) is 17.7. The summed E-state index contributed by atoms with van der Waals surface area (Å²) in [6.07, 6.45) is 3.64. The summed E-state index contributed by atoms with van der Waals surface area (Å²) in [7, 11) is 0. The molecule has 5 rings (SSSR count). The molecule has 0 radical (unpaired) electrons. The summed E-state index contributed by atoms with van der Waals surface area (Å²) in [5, 5.41) is 3.63. The fourth-order valence-corrected chi connectivity index (χ4v) is 5.33. The Hall–Kier alpha value is -2.76. The second-order valence-corrected chi connectivity index (χ2v) is 9.53. The van der Waals surface area contributed by atoms with Gasteiger partial charge in [-0.2, -0.15) is 0 Å². The molecule has 1 amide bonds. The summed E-state index contributed by atoms with van der Waals surface area (Å²) in [6, 6.07) is 21.8. The SMILES string of the molecule is O=C(NCc1ccccc1Cl)c1ccc2c(c1)N=C(N1CCCCC1)c1ccccc1S2. The Morgan fingerprint density at radius 2 is 1.75 bits per heavy atom. The molecule has 1 N–H and O–H groups in total. The van der Waals surface area contributed by atoms with E-state index in [1.54, 1.807) is 11.8 Å². The molecule has 0 aromatic heterocycles. The van der Waals surface area contributed by atoms with Crippen molar-refractivity contribution in [1.29, 1.82) is 0 Å². The molecule has 2 aliphatic heterocycles. The Balaban J connectivity index is 1.45. The second-order valence-electron chi connectivity index (χ2n) is 8.04. The molecule has 0 aliphatic carbocycles. The number of fused-ring (bicyclic) bond motifs is 2. The lowest BCUT2D eigenvalue weighted by molar-refractivity contribution is 0.0951. The first-order valence-electron chi connectivity index (χ1n) is 11.0. The van der Waals surface area contributed by atoms with Crippen molar-refractivity contribution in [2.75, 3.05) is 13.1 Å². The van der Waals surface area contributed by atoms with Gasteiger partial charge in [0, 0.05) is 45.6 Å². The average Bonchev–Trinajstić information content (AvgIpc) is 3.00. The molecule has 2 aliphatic rings. The third-order valence-corrected chi connectivity index (χ3v) is 7.36. The van der Waals surface area contributed by atoms with Crippen LogP contribution >= 0.6 is 23.4 Å². The van der Waals surface area contributed by atoms with E-state index in [2.05, 4.69) is 34.5 Å². The minimum atomic E-state index is -0.130. The fraction of sp³-hybridized carbons (Fsp3) is 0.231. The molecule has 0 saturated carbocycles. The number of halogens is 1. The van der Waals surface area contributed by atoms with Crippen molar-refractivity contribution in [3.05, 3.63) is 88.4 Å². The number of likely N-dealkylation sites (tertiary alicyclic amines) is 1. The number of carbonyl (C=O) groups is 1. The maximum Gasteiger partial charge on any atom is 0.251 e. The molecular formula is C26H24ClN3OS. The molecule has 0 spiro atoms. The van der Waals surface area contributed by atoms with E-state index in [0.29, 0.717) is 17.1 Å². The number of piperidine rings is 1. The lowest BCUT2D eigenvalue weighted by Gasteiger charge is -2.30. The van der Waals surface area contributed by atoms with Crippen LogP contribution in [0.3, 0.4) is 0 Å². The van der Waals surface area contributed by atoms with Crippen molar-refractivity contribution in [3.63, 3.8) is 0 Å². The third-order valence-electron chi connectivity index (χ3n) is 5.85. The van der Waals surface area contributed by atoms with Gasteiger partial charge < -0.3 is 10.2 Å². The van der Waals surface area contributed by atoms with Gasteiger partial charge in [-0.3, -0.25) is 4.79 Å². The van der Waals surface area contributed by atoms with Crippen LogP contribution in [0.25, 0.3) is 0 Å². The first-order valence-corrected chi connectivity index (χ1v) is 12.1. The molecule has 1 saturated heterocycles. The quantitative estimate of drug-likeness (QED) is 0.497. The molecule has 162 valence electrons. The predicted molar refractivity (Wildman–Crippen MR) is 131 cm³/mol. The lowest BCUT2D eigenvalue weighted by atomic mass is 10.1. The monoisotopic (exact) mass is 461 g/mol. The number of hydrogen-bond acceptors (Lipinski definition) is 4. The van der Waals surface area contributed by atoms with Gasteiger partial charge in [-0.1, -0.05) is 59.8 Å². The van der Waals surface area contributed by atoms with Crippen LogP contribution in [-0.2, 0) is 6.54 Å². The highest BCUT2D eigenvalue weighted by molar-refractivity contribution is 7.99. The fourth-order valence-electron chi connectivity index (χ4n) is 4.13. The van der Waals surface area contributed by atoms with Gasteiger partial charge in [-0.05, 0) is 55.2 Å². The molecule has 32 heavy (non-hydrogen) atoms. The maximum absolute atomic E-state index is 12.9. The second kappa shape index (κ2) is 9.39. The number of aliphatic imine (C=N–C) groups is 1. The van der Waals surface area contributed by atoms with Gasteiger partial charge in [-0.25, -0.2) is 4.99 Å². The van der Waals surface area contributed by atoms with E-state index in [1.807, 2.05) is 42.5 Å². The van der Waals surface area contributed by atoms with Crippen molar-refractivity contribution >= 4 is 40.8 Å². The Morgan fingerprint density at radius 1 is 0.969 bits per heavy atom. The van der Waals surface area contributed by atoms with Crippen LogP contribution in [0.15, 0.2) is 81.5 Å². The molecule has 2 heterocycles. The van der Waals surface area contributed by atoms with E-state index in [4.69, 9.17) is 16.6 Å². The van der Waals surface area contributed by atoms with E-state index in [0.717, 1.165) is 35.1 Å². The molecule has 3 aromatic carbocycles. The molecule has 1 fully saturated rings. The van der Waals surface area contributed by atoms with E-state index in [-0.39, 0.29) is 5.91 Å². The van der Waals surface area contributed by atoms with Gasteiger partial charge in [0.15, 0.2) is 0 Å².